The Bertz CT molecular complexity index is 1250. The number of carbonyl (C=O) groups excluding carboxylic acids is 4. The lowest BCUT2D eigenvalue weighted by atomic mass is 10.0. The van der Waals surface area contributed by atoms with Gasteiger partial charge in [-0.05, 0) is 82.6 Å². The van der Waals surface area contributed by atoms with E-state index in [9.17, 15) is 19.2 Å². The van der Waals surface area contributed by atoms with E-state index < -0.39 is 12.1 Å². The number of unbranched alkanes of at least 4 members (excludes halogenated alkanes) is 24. The van der Waals surface area contributed by atoms with Crippen molar-refractivity contribution in [2.45, 2.75) is 297 Å². The summed E-state index contributed by atoms with van der Waals surface area (Å²) in [7, 11) is 0. The van der Waals surface area contributed by atoms with Crippen molar-refractivity contribution in [3.8, 4) is 0 Å². The summed E-state index contributed by atoms with van der Waals surface area (Å²) in [5.74, 6) is -1.03. The van der Waals surface area contributed by atoms with Gasteiger partial charge in [-0.25, -0.2) is 0 Å². The molecule has 0 spiro atoms. The summed E-state index contributed by atoms with van der Waals surface area (Å²) >= 11 is 0. The van der Waals surface area contributed by atoms with Crippen LogP contribution in [-0.2, 0) is 49.5 Å². The number of esters is 4. The molecular weight excluding hydrogens is 841 g/mol. The van der Waals surface area contributed by atoms with Crippen LogP contribution in [0.3, 0.4) is 0 Å². The van der Waals surface area contributed by atoms with Gasteiger partial charge in [0.1, 0.15) is 18.8 Å². The lowest BCUT2D eigenvalue weighted by Crippen LogP contribution is -2.29. The summed E-state index contributed by atoms with van der Waals surface area (Å²) in [5.41, 5.74) is 0.995. The van der Waals surface area contributed by atoms with Gasteiger partial charge in [-0.2, -0.15) is 0 Å². The predicted molar refractivity (Wildman–Crippen MR) is 275 cm³/mol. The number of benzene rings is 1. The van der Waals surface area contributed by atoms with E-state index in [-0.39, 0.29) is 62.6 Å². The maximum atomic E-state index is 13.0. The fourth-order valence-electron chi connectivity index (χ4n) is 8.56. The topological polar surface area (TPSA) is 114 Å². The zero-order valence-corrected chi connectivity index (χ0v) is 43.8. The number of rotatable bonds is 49. The highest BCUT2D eigenvalue weighted by Gasteiger charge is 2.19. The number of ether oxygens (including phenoxy) is 5. The summed E-state index contributed by atoms with van der Waals surface area (Å²) in [6.07, 6.45) is 37.7. The van der Waals surface area contributed by atoms with Crippen molar-refractivity contribution >= 4 is 23.9 Å². The molecule has 0 aliphatic carbocycles. The number of hydrogen-bond acceptors (Lipinski definition) is 9. The molecular formula is C58H102O9. The van der Waals surface area contributed by atoms with Crippen LogP contribution >= 0.6 is 0 Å². The van der Waals surface area contributed by atoms with Crippen molar-refractivity contribution in [2.24, 2.45) is 0 Å². The van der Waals surface area contributed by atoms with Crippen LogP contribution in [0.5, 0.6) is 0 Å². The molecule has 0 aliphatic rings. The van der Waals surface area contributed by atoms with Crippen molar-refractivity contribution in [1.82, 2.24) is 0 Å². The Labute approximate surface area is 411 Å². The highest BCUT2D eigenvalue weighted by molar-refractivity contribution is 5.71. The van der Waals surface area contributed by atoms with Crippen LogP contribution in [0.15, 0.2) is 30.3 Å². The third-order valence-corrected chi connectivity index (χ3v) is 12.8. The molecule has 0 bridgehead atoms. The van der Waals surface area contributed by atoms with Gasteiger partial charge in [-0.3, -0.25) is 19.2 Å². The fraction of sp³-hybridized carbons (Fsp3) is 0.828. The average Bonchev–Trinajstić information content (AvgIpc) is 3.32. The lowest BCUT2D eigenvalue weighted by molar-refractivity contribution is -0.163. The van der Waals surface area contributed by atoms with Crippen molar-refractivity contribution in [3.05, 3.63) is 35.9 Å². The van der Waals surface area contributed by atoms with Gasteiger partial charge in [-0.15, -0.1) is 0 Å². The molecule has 0 unspecified atom stereocenters. The molecule has 0 N–H and O–H groups in total. The Morgan fingerprint density at radius 1 is 0.358 bits per heavy atom. The maximum absolute atomic E-state index is 13.0. The minimum atomic E-state index is -0.735. The second-order valence-corrected chi connectivity index (χ2v) is 19.4. The van der Waals surface area contributed by atoms with Gasteiger partial charge in [-0.1, -0.05) is 199 Å². The van der Waals surface area contributed by atoms with Crippen molar-refractivity contribution in [2.75, 3.05) is 13.2 Å². The molecule has 0 saturated carbocycles. The SMILES string of the molecule is CCCCCCCCC(CCCCCCCC)OC(=O)CCCCCCC(=O)O[C@H](COCc1ccccc1)COC(=O)CCCCC(=O)OC(CCCCCCCC)CCCCCCCC. The smallest absolute Gasteiger partial charge is 0.306 e. The maximum Gasteiger partial charge on any atom is 0.306 e. The van der Waals surface area contributed by atoms with E-state index in [1.54, 1.807) is 0 Å². The standard InChI is InChI=1S/C58H102O9/c1-5-9-13-17-21-30-40-52(41-31-22-18-14-10-6-2)65-56(60)45-34-25-26-35-46-58(62)67-54(49-63-48-51-38-28-27-29-39-51)50-64-55(59)44-36-37-47-57(61)66-53(42-32-23-19-15-11-7-3)43-33-24-20-16-12-8-4/h27-29,38-39,52-54H,5-26,30-37,40-50H2,1-4H3/t54-/m1/s1. The van der Waals surface area contributed by atoms with Crippen LogP contribution in [-0.4, -0.2) is 55.4 Å². The molecule has 1 atom stereocenters. The Balaban J connectivity index is 2.49. The molecule has 388 valence electrons. The van der Waals surface area contributed by atoms with Gasteiger partial charge in [0.2, 0.25) is 0 Å². The van der Waals surface area contributed by atoms with E-state index in [0.29, 0.717) is 32.3 Å². The fourth-order valence-corrected chi connectivity index (χ4v) is 8.56. The van der Waals surface area contributed by atoms with Crippen LogP contribution in [0, 0.1) is 0 Å². The van der Waals surface area contributed by atoms with Crippen LogP contribution < -0.4 is 0 Å². The molecule has 67 heavy (non-hydrogen) atoms. The molecule has 9 heteroatoms. The monoisotopic (exact) mass is 943 g/mol. The van der Waals surface area contributed by atoms with Gasteiger partial charge in [0.05, 0.1) is 13.2 Å². The Kier molecular flexibility index (Phi) is 43.3. The quantitative estimate of drug-likeness (QED) is 0.0358. The predicted octanol–water partition coefficient (Wildman–Crippen LogP) is 16.4. The highest BCUT2D eigenvalue weighted by atomic mass is 16.6. The van der Waals surface area contributed by atoms with E-state index in [1.807, 2.05) is 30.3 Å². The summed E-state index contributed by atoms with van der Waals surface area (Å²) in [4.78, 5) is 51.4. The summed E-state index contributed by atoms with van der Waals surface area (Å²) in [5, 5.41) is 0. The molecule has 0 aromatic heterocycles. The first-order chi connectivity index (χ1) is 32.8. The molecule has 0 heterocycles. The molecule has 1 aromatic rings. The number of hydrogen-bond donors (Lipinski definition) is 0. The van der Waals surface area contributed by atoms with Crippen molar-refractivity contribution < 1.29 is 42.9 Å². The Hall–Kier alpha value is -2.94. The van der Waals surface area contributed by atoms with Gasteiger partial charge in [0.25, 0.3) is 0 Å². The summed E-state index contributed by atoms with van der Waals surface area (Å²) in [6, 6.07) is 9.76. The zero-order valence-electron chi connectivity index (χ0n) is 43.8. The first-order valence-electron chi connectivity index (χ1n) is 28.2. The molecule has 1 rings (SSSR count). The third-order valence-electron chi connectivity index (χ3n) is 12.8. The van der Waals surface area contributed by atoms with Crippen LogP contribution in [0.2, 0.25) is 0 Å². The summed E-state index contributed by atoms with van der Waals surface area (Å²) < 4.78 is 29.2. The third kappa shape index (κ3) is 40.6. The molecule has 1 aromatic carbocycles. The minimum Gasteiger partial charge on any atom is -0.462 e. The molecule has 9 nitrogen and oxygen atoms in total. The minimum absolute atomic E-state index is 0.0220. The van der Waals surface area contributed by atoms with Crippen LogP contribution in [0.1, 0.15) is 277 Å². The van der Waals surface area contributed by atoms with Crippen molar-refractivity contribution in [1.29, 1.82) is 0 Å². The molecule has 0 aliphatic heterocycles. The zero-order chi connectivity index (χ0) is 48.7. The molecule has 0 amide bonds. The first-order valence-corrected chi connectivity index (χ1v) is 28.2. The summed E-state index contributed by atoms with van der Waals surface area (Å²) in [6.45, 7) is 9.29. The Morgan fingerprint density at radius 2 is 0.672 bits per heavy atom. The largest absolute Gasteiger partial charge is 0.462 e. The second-order valence-electron chi connectivity index (χ2n) is 19.4. The van der Waals surface area contributed by atoms with E-state index in [4.69, 9.17) is 23.7 Å². The Morgan fingerprint density at radius 3 is 1.06 bits per heavy atom. The van der Waals surface area contributed by atoms with Crippen LogP contribution in [0.4, 0.5) is 0 Å². The second kappa shape index (κ2) is 46.8. The molecule has 0 saturated heterocycles. The highest BCUT2D eigenvalue weighted by Crippen LogP contribution is 2.20. The first kappa shape index (κ1) is 62.1. The normalized spacial score (nSPS) is 11.9. The van der Waals surface area contributed by atoms with Crippen molar-refractivity contribution in [3.63, 3.8) is 0 Å². The van der Waals surface area contributed by atoms with E-state index in [2.05, 4.69) is 27.7 Å². The number of carbonyl (C=O) groups is 4. The van der Waals surface area contributed by atoms with Gasteiger partial charge >= 0.3 is 23.9 Å². The van der Waals surface area contributed by atoms with Crippen LogP contribution in [0.25, 0.3) is 0 Å². The van der Waals surface area contributed by atoms with Gasteiger partial charge in [0, 0.05) is 25.7 Å². The van der Waals surface area contributed by atoms with E-state index in [0.717, 1.165) is 76.2 Å². The average molecular weight is 943 g/mol. The lowest BCUT2D eigenvalue weighted by Gasteiger charge is -2.19. The van der Waals surface area contributed by atoms with Gasteiger partial charge in [0.15, 0.2) is 6.10 Å². The van der Waals surface area contributed by atoms with E-state index in [1.165, 1.54) is 128 Å². The van der Waals surface area contributed by atoms with E-state index >= 15 is 0 Å². The van der Waals surface area contributed by atoms with Gasteiger partial charge < -0.3 is 23.7 Å². The molecule has 0 fully saturated rings. The molecule has 0 radical (unpaired) electrons.